The summed E-state index contributed by atoms with van der Waals surface area (Å²) in [7, 11) is 0. The molecule has 0 aliphatic heterocycles. The van der Waals surface area contributed by atoms with E-state index in [4.69, 9.17) is 14.2 Å². The van der Waals surface area contributed by atoms with Gasteiger partial charge in [-0.15, -0.1) is 0 Å². The van der Waals surface area contributed by atoms with E-state index in [2.05, 4.69) is 57.2 Å². The largest absolute Gasteiger partial charge is 0.462 e. The molecule has 1 atom stereocenters. The van der Waals surface area contributed by atoms with Gasteiger partial charge >= 0.3 is 17.9 Å². The van der Waals surface area contributed by atoms with Crippen molar-refractivity contribution in [3.8, 4) is 0 Å². The molecule has 6 nitrogen and oxygen atoms in total. The minimum Gasteiger partial charge on any atom is -0.462 e. The Balaban J connectivity index is 4.30. The lowest BCUT2D eigenvalue weighted by Crippen LogP contribution is -2.30. The highest BCUT2D eigenvalue weighted by Gasteiger charge is 2.19. The first-order valence-corrected chi connectivity index (χ1v) is 26.5. The molecule has 356 valence electrons. The number of carbonyl (C=O) groups excluding carboxylic acids is 3. The summed E-state index contributed by atoms with van der Waals surface area (Å²) in [6.45, 7) is 6.59. The summed E-state index contributed by atoms with van der Waals surface area (Å²) in [5, 5.41) is 0. The van der Waals surface area contributed by atoms with Crippen LogP contribution in [0.1, 0.15) is 278 Å². The first-order valence-electron chi connectivity index (χ1n) is 26.5. The van der Waals surface area contributed by atoms with Gasteiger partial charge in [0.15, 0.2) is 6.10 Å². The van der Waals surface area contributed by atoms with Gasteiger partial charge < -0.3 is 14.2 Å². The minimum atomic E-state index is -0.772. The van der Waals surface area contributed by atoms with Crippen molar-refractivity contribution in [3.63, 3.8) is 0 Å². The van der Waals surface area contributed by atoms with Crippen LogP contribution in [-0.4, -0.2) is 37.2 Å². The highest BCUT2D eigenvalue weighted by atomic mass is 16.6. The number of carbonyl (C=O) groups is 3. The summed E-state index contributed by atoms with van der Waals surface area (Å²) in [6, 6.07) is 0. The third-order valence-electron chi connectivity index (χ3n) is 11.6. The summed E-state index contributed by atoms with van der Waals surface area (Å²) in [5.41, 5.74) is 0. The van der Waals surface area contributed by atoms with Gasteiger partial charge in [0.2, 0.25) is 0 Å². The van der Waals surface area contributed by atoms with Crippen molar-refractivity contribution in [2.75, 3.05) is 13.2 Å². The van der Waals surface area contributed by atoms with Gasteiger partial charge in [-0.1, -0.05) is 224 Å². The van der Waals surface area contributed by atoms with Gasteiger partial charge in [-0.3, -0.25) is 14.4 Å². The molecular weight excluding hydrogens is 757 g/mol. The molecule has 6 heteroatoms. The molecule has 0 radical (unpaired) electrons. The monoisotopic (exact) mass is 857 g/mol. The lowest BCUT2D eigenvalue weighted by atomic mass is 10.0. The Hall–Kier alpha value is -2.37. The third kappa shape index (κ3) is 48.5. The van der Waals surface area contributed by atoms with Gasteiger partial charge in [0, 0.05) is 19.3 Å². The van der Waals surface area contributed by atoms with Crippen molar-refractivity contribution >= 4 is 17.9 Å². The van der Waals surface area contributed by atoms with Crippen LogP contribution in [0.15, 0.2) is 36.5 Å². The smallest absolute Gasteiger partial charge is 0.306 e. The number of ether oxygens (including phenoxy) is 3. The number of hydrogen-bond donors (Lipinski definition) is 0. The van der Waals surface area contributed by atoms with Gasteiger partial charge in [0.1, 0.15) is 13.2 Å². The van der Waals surface area contributed by atoms with Crippen molar-refractivity contribution in [2.24, 2.45) is 0 Å². The lowest BCUT2D eigenvalue weighted by molar-refractivity contribution is -0.167. The van der Waals surface area contributed by atoms with E-state index in [1.807, 2.05) is 0 Å². The second-order valence-corrected chi connectivity index (χ2v) is 17.8. The molecule has 0 heterocycles. The number of rotatable bonds is 48. The molecule has 0 aliphatic carbocycles. The van der Waals surface area contributed by atoms with Crippen LogP contribution >= 0.6 is 0 Å². The van der Waals surface area contributed by atoms with Crippen molar-refractivity contribution in [1.29, 1.82) is 0 Å². The second kappa shape index (κ2) is 50.3. The molecule has 0 aromatic rings. The Bertz CT molecular complexity index is 1030. The van der Waals surface area contributed by atoms with Crippen molar-refractivity contribution in [2.45, 2.75) is 284 Å². The van der Waals surface area contributed by atoms with Crippen molar-refractivity contribution in [1.82, 2.24) is 0 Å². The Morgan fingerprint density at radius 1 is 0.328 bits per heavy atom. The van der Waals surface area contributed by atoms with E-state index < -0.39 is 6.10 Å². The van der Waals surface area contributed by atoms with Crippen LogP contribution in [0, 0.1) is 0 Å². The maximum atomic E-state index is 12.8. The first-order chi connectivity index (χ1) is 30.0. The van der Waals surface area contributed by atoms with Crippen molar-refractivity contribution < 1.29 is 28.6 Å². The van der Waals surface area contributed by atoms with E-state index in [1.165, 1.54) is 167 Å². The molecule has 1 unspecified atom stereocenters. The molecule has 0 N–H and O–H groups in total. The predicted octanol–water partition coefficient (Wildman–Crippen LogP) is 17.3. The summed E-state index contributed by atoms with van der Waals surface area (Å²) in [4.78, 5) is 37.9. The zero-order valence-electron chi connectivity index (χ0n) is 40.7. The molecule has 0 saturated carbocycles. The first kappa shape index (κ1) is 58.6. The maximum absolute atomic E-state index is 12.8. The lowest BCUT2D eigenvalue weighted by Gasteiger charge is -2.18. The maximum Gasteiger partial charge on any atom is 0.306 e. The van der Waals surface area contributed by atoms with E-state index in [-0.39, 0.29) is 31.1 Å². The van der Waals surface area contributed by atoms with E-state index in [0.29, 0.717) is 19.3 Å². The topological polar surface area (TPSA) is 78.9 Å². The Labute approximate surface area is 378 Å². The van der Waals surface area contributed by atoms with E-state index >= 15 is 0 Å². The fraction of sp³-hybridized carbons (Fsp3) is 0.836. The van der Waals surface area contributed by atoms with Crippen LogP contribution in [0.25, 0.3) is 0 Å². The number of esters is 3. The van der Waals surface area contributed by atoms with Crippen LogP contribution in [0.2, 0.25) is 0 Å². The van der Waals surface area contributed by atoms with E-state index in [1.54, 1.807) is 0 Å². The Morgan fingerprint density at radius 3 is 1.00 bits per heavy atom. The highest BCUT2D eigenvalue weighted by Crippen LogP contribution is 2.16. The molecule has 0 spiro atoms. The molecule has 61 heavy (non-hydrogen) atoms. The molecule has 0 aliphatic rings. The van der Waals surface area contributed by atoms with Crippen LogP contribution < -0.4 is 0 Å². The molecule has 0 saturated heterocycles. The van der Waals surface area contributed by atoms with Gasteiger partial charge in [0.05, 0.1) is 0 Å². The Kier molecular flexibility index (Phi) is 48.3. The fourth-order valence-electron chi connectivity index (χ4n) is 7.57. The molecule has 0 amide bonds. The molecule has 0 fully saturated rings. The average molecular weight is 857 g/mol. The summed E-state index contributed by atoms with van der Waals surface area (Å²) >= 11 is 0. The predicted molar refractivity (Wildman–Crippen MR) is 261 cm³/mol. The van der Waals surface area contributed by atoms with Crippen molar-refractivity contribution in [3.05, 3.63) is 36.5 Å². The Morgan fingerprint density at radius 2 is 0.607 bits per heavy atom. The second-order valence-electron chi connectivity index (χ2n) is 17.8. The summed E-state index contributed by atoms with van der Waals surface area (Å²) in [5.74, 6) is -0.877. The van der Waals surface area contributed by atoms with Crippen LogP contribution in [0.4, 0.5) is 0 Å². The average Bonchev–Trinajstić information content (AvgIpc) is 3.26. The zero-order chi connectivity index (χ0) is 44.4. The van der Waals surface area contributed by atoms with Gasteiger partial charge in [-0.2, -0.15) is 0 Å². The SMILES string of the molecule is CCCC/C=C\CCCCCCCC(=O)OCC(COC(=O)CCCCCCCCCCC/C=C\C/C=C\CCCCC)OC(=O)CCCCCCCCCCCCCCC. The standard InChI is InChI=1S/C55H100O6/c1-4-7-10-13-16-19-22-24-25-26-27-28-29-31-33-36-39-42-45-48-54(57)60-51-52(50-59-53(56)47-44-41-38-35-32-21-18-15-12-9-6-3)61-55(58)49-46-43-40-37-34-30-23-20-17-14-11-8-5-2/h15-16,18-19,24-25,52H,4-14,17,20-23,26-51H2,1-3H3/b18-15-,19-16-,25-24-. The fourth-order valence-corrected chi connectivity index (χ4v) is 7.57. The van der Waals surface area contributed by atoms with Gasteiger partial charge in [0.25, 0.3) is 0 Å². The van der Waals surface area contributed by atoms with Crippen LogP contribution in [0.5, 0.6) is 0 Å². The number of unbranched alkanes of at least 4 members (excludes halogenated alkanes) is 31. The number of allylic oxidation sites excluding steroid dienone is 6. The van der Waals surface area contributed by atoms with E-state index in [9.17, 15) is 14.4 Å². The molecule has 0 aromatic carbocycles. The quantitative estimate of drug-likeness (QED) is 0.0262. The normalized spacial score (nSPS) is 12.2. The van der Waals surface area contributed by atoms with Crippen LogP contribution in [0.3, 0.4) is 0 Å². The van der Waals surface area contributed by atoms with Gasteiger partial charge in [-0.25, -0.2) is 0 Å². The van der Waals surface area contributed by atoms with Gasteiger partial charge in [-0.05, 0) is 70.6 Å². The highest BCUT2D eigenvalue weighted by molar-refractivity contribution is 5.71. The molecule has 0 rings (SSSR count). The summed E-state index contributed by atoms with van der Waals surface area (Å²) < 4.78 is 16.8. The third-order valence-corrected chi connectivity index (χ3v) is 11.6. The molecular formula is C55H100O6. The number of hydrogen-bond acceptors (Lipinski definition) is 6. The van der Waals surface area contributed by atoms with Crippen LogP contribution in [-0.2, 0) is 28.6 Å². The zero-order valence-corrected chi connectivity index (χ0v) is 40.7. The molecule has 0 aromatic heterocycles. The molecule has 0 bridgehead atoms. The minimum absolute atomic E-state index is 0.0741. The van der Waals surface area contributed by atoms with E-state index in [0.717, 1.165) is 70.6 Å². The summed E-state index contributed by atoms with van der Waals surface area (Å²) in [6.07, 6.45) is 58.4.